The largest absolute Gasteiger partial charge is 0.454 e. The zero-order valence-electron chi connectivity index (χ0n) is 18.2. The maximum atomic E-state index is 12.6. The molecule has 0 bridgehead atoms. The Labute approximate surface area is 199 Å². The number of para-hydroxylation sites is 1. The number of hydrogen-bond acceptors (Lipinski definition) is 7. The molecule has 8 nitrogen and oxygen atoms in total. The lowest BCUT2D eigenvalue weighted by Gasteiger charge is -2.11. The normalized spacial score (nSPS) is 11.9. The number of rotatable bonds is 7. The highest BCUT2D eigenvalue weighted by atomic mass is 32.2. The predicted octanol–water partition coefficient (Wildman–Crippen LogP) is 4.60. The number of carbonyl (C=O) groups is 2. The number of nitrogens with zero attached hydrogens (tertiary/aromatic N) is 3. The summed E-state index contributed by atoms with van der Waals surface area (Å²) in [6.45, 7) is 1.68. The van der Waals surface area contributed by atoms with E-state index in [1.54, 1.807) is 24.3 Å². The highest BCUT2D eigenvalue weighted by Gasteiger charge is 2.20. The fourth-order valence-electron chi connectivity index (χ4n) is 3.54. The number of anilines is 1. The molecule has 1 amide bonds. The fourth-order valence-corrected chi connectivity index (χ4v) is 4.29. The van der Waals surface area contributed by atoms with E-state index in [-0.39, 0.29) is 24.2 Å². The van der Waals surface area contributed by atoms with Gasteiger partial charge in [-0.3, -0.25) is 14.2 Å². The summed E-state index contributed by atoms with van der Waals surface area (Å²) < 4.78 is 12.8. The number of thioether (sulfide) groups is 1. The van der Waals surface area contributed by atoms with Crippen molar-refractivity contribution >= 4 is 29.1 Å². The van der Waals surface area contributed by atoms with Crippen LogP contribution in [-0.2, 0) is 4.79 Å². The lowest BCUT2D eigenvalue weighted by Crippen LogP contribution is -2.15. The molecule has 9 heteroatoms. The van der Waals surface area contributed by atoms with Gasteiger partial charge in [0.1, 0.15) is 0 Å². The Morgan fingerprint density at radius 1 is 0.971 bits per heavy atom. The molecule has 1 aliphatic heterocycles. The number of benzene rings is 3. The topological polar surface area (TPSA) is 95.3 Å². The summed E-state index contributed by atoms with van der Waals surface area (Å²) in [6.07, 6.45) is 0. The number of ether oxygens (including phenoxy) is 2. The van der Waals surface area contributed by atoms with E-state index in [0.717, 1.165) is 11.3 Å². The van der Waals surface area contributed by atoms with Crippen LogP contribution < -0.4 is 14.8 Å². The minimum Gasteiger partial charge on any atom is -0.454 e. The molecular formula is C25H20N4O4S. The van der Waals surface area contributed by atoms with Crippen LogP contribution in [0.4, 0.5) is 5.69 Å². The first kappa shape index (κ1) is 21.7. The summed E-state index contributed by atoms with van der Waals surface area (Å²) in [6, 6.07) is 22.2. The average molecular weight is 473 g/mol. The summed E-state index contributed by atoms with van der Waals surface area (Å²) in [5, 5.41) is 12.2. The third-order valence-corrected chi connectivity index (χ3v) is 6.09. The molecule has 170 valence electrons. The monoisotopic (exact) mass is 472 g/mol. The maximum absolute atomic E-state index is 12.6. The lowest BCUT2D eigenvalue weighted by atomic mass is 10.1. The SMILES string of the molecule is CC(=O)c1cccc(NC(=O)CSc2nnc(-c3ccc4c(c3)OCO4)n2-c2ccccc2)c1. The van der Waals surface area contributed by atoms with Gasteiger partial charge in [0.2, 0.25) is 12.7 Å². The van der Waals surface area contributed by atoms with Crippen LogP contribution in [0, 0.1) is 0 Å². The van der Waals surface area contributed by atoms with Gasteiger partial charge in [-0.15, -0.1) is 10.2 Å². The van der Waals surface area contributed by atoms with Crippen LogP contribution in [0.3, 0.4) is 0 Å². The molecular weight excluding hydrogens is 452 g/mol. The number of Topliss-reactive ketones (excluding diaryl/α,β-unsaturated/α-hetero) is 1. The van der Waals surface area contributed by atoms with E-state index < -0.39 is 0 Å². The molecule has 0 unspecified atom stereocenters. The Hall–Kier alpha value is -4.11. The molecule has 0 radical (unpaired) electrons. The standard InChI is InChI=1S/C25H20N4O4S/c1-16(30)17-6-5-7-19(12-17)26-23(31)14-34-25-28-27-24(29(25)20-8-3-2-4-9-20)18-10-11-21-22(13-18)33-15-32-21/h2-13H,14-15H2,1H3,(H,26,31). The lowest BCUT2D eigenvalue weighted by molar-refractivity contribution is -0.113. The number of aromatic nitrogens is 3. The van der Waals surface area contributed by atoms with Crippen LogP contribution >= 0.6 is 11.8 Å². The number of fused-ring (bicyclic) bond motifs is 1. The fraction of sp³-hybridized carbons (Fsp3) is 0.120. The minimum absolute atomic E-state index is 0.0579. The van der Waals surface area contributed by atoms with Crippen molar-refractivity contribution in [3.63, 3.8) is 0 Å². The molecule has 1 aliphatic rings. The molecule has 0 spiro atoms. The predicted molar refractivity (Wildman–Crippen MR) is 129 cm³/mol. The van der Waals surface area contributed by atoms with Gasteiger partial charge in [0.15, 0.2) is 28.3 Å². The molecule has 1 aromatic heterocycles. The zero-order valence-corrected chi connectivity index (χ0v) is 19.0. The molecule has 3 aromatic carbocycles. The van der Waals surface area contributed by atoms with Crippen LogP contribution in [0.15, 0.2) is 78.0 Å². The van der Waals surface area contributed by atoms with Crippen molar-refractivity contribution in [2.24, 2.45) is 0 Å². The quantitative estimate of drug-likeness (QED) is 0.310. The second kappa shape index (κ2) is 9.40. The molecule has 0 aliphatic carbocycles. The van der Waals surface area contributed by atoms with Crippen molar-refractivity contribution in [1.29, 1.82) is 0 Å². The second-order valence-electron chi connectivity index (χ2n) is 7.52. The Kier molecular flexibility index (Phi) is 6.01. The third-order valence-electron chi connectivity index (χ3n) is 5.16. The smallest absolute Gasteiger partial charge is 0.234 e. The van der Waals surface area contributed by atoms with Crippen LogP contribution in [-0.4, -0.2) is 39.0 Å². The molecule has 0 atom stereocenters. The molecule has 0 saturated carbocycles. The summed E-state index contributed by atoms with van der Waals surface area (Å²) in [5.74, 6) is 1.82. The van der Waals surface area contributed by atoms with E-state index in [1.165, 1.54) is 18.7 Å². The Morgan fingerprint density at radius 2 is 1.79 bits per heavy atom. The van der Waals surface area contributed by atoms with E-state index in [0.29, 0.717) is 33.7 Å². The van der Waals surface area contributed by atoms with Gasteiger partial charge in [-0.1, -0.05) is 42.1 Å². The molecule has 1 N–H and O–H groups in total. The first-order valence-corrected chi connectivity index (χ1v) is 11.5. The Bertz CT molecular complexity index is 1370. The first-order chi connectivity index (χ1) is 16.6. The number of carbonyl (C=O) groups excluding carboxylic acids is 2. The van der Waals surface area contributed by atoms with Gasteiger partial charge in [-0.2, -0.15) is 0 Å². The molecule has 2 heterocycles. The number of nitrogens with one attached hydrogen (secondary N) is 1. The van der Waals surface area contributed by atoms with Gasteiger partial charge >= 0.3 is 0 Å². The first-order valence-electron chi connectivity index (χ1n) is 10.5. The Balaban J connectivity index is 1.39. The van der Waals surface area contributed by atoms with Gasteiger partial charge in [0, 0.05) is 22.5 Å². The average Bonchev–Trinajstić information content (AvgIpc) is 3.50. The summed E-state index contributed by atoms with van der Waals surface area (Å²) >= 11 is 1.28. The van der Waals surface area contributed by atoms with E-state index in [4.69, 9.17) is 9.47 Å². The van der Waals surface area contributed by atoms with Crippen LogP contribution in [0.25, 0.3) is 17.1 Å². The zero-order chi connectivity index (χ0) is 23.5. The Morgan fingerprint density at radius 3 is 2.62 bits per heavy atom. The molecule has 34 heavy (non-hydrogen) atoms. The van der Waals surface area contributed by atoms with E-state index in [2.05, 4.69) is 15.5 Å². The highest BCUT2D eigenvalue weighted by molar-refractivity contribution is 7.99. The van der Waals surface area contributed by atoms with Crippen LogP contribution in [0.1, 0.15) is 17.3 Å². The van der Waals surface area contributed by atoms with Gasteiger partial charge in [0.25, 0.3) is 0 Å². The summed E-state index contributed by atoms with van der Waals surface area (Å²) in [5.41, 5.74) is 2.81. The number of amides is 1. The van der Waals surface area contributed by atoms with Crippen molar-refractivity contribution in [2.45, 2.75) is 12.1 Å². The van der Waals surface area contributed by atoms with E-state index >= 15 is 0 Å². The van der Waals surface area contributed by atoms with Crippen LogP contribution in [0.2, 0.25) is 0 Å². The summed E-state index contributed by atoms with van der Waals surface area (Å²) in [7, 11) is 0. The number of ketones is 1. The molecule has 4 aromatic rings. The van der Waals surface area contributed by atoms with Crippen molar-refractivity contribution < 1.29 is 19.1 Å². The van der Waals surface area contributed by atoms with Crippen molar-refractivity contribution in [3.05, 3.63) is 78.4 Å². The van der Waals surface area contributed by atoms with Gasteiger partial charge in [-0.05, 0) is 49.4 Å². The van der Waals surface area contributed by atoms with Gasteiger partial charge < -0.3 is 14.8 Å². The van der Waals surface area contributed by atoms with Crippen molar-refractivity contribution in [3.8, 4) is 28.6 Å². The minimum atomic E-state index is -0.210. The van der Waals surface area contributed by atoms with Crippen molar-refractivity contribution in [2.75, 3.05) is 17.9 Å². The van der Waals surface area contributed by atoms with Gasteiger partial charge in [0.05, 0.1) is 5.75 Å². The molecule has 0 saturated heterocycles. The summed E-state index contributed by atoms with van der Waals surface area (Å²) in [4.78, 5) is 24.2. The molecule has 5 rings (SSSR count). The number of hydrogen-bond donors (Lipinski definition) is 1. The highest BCUT2D eigenvalue weighted by Crippen LogP contribution is 2.37. The van der Waals surface area contributed by atoms with E-state index in [9.17, 15) is 9.59 Å². The maximum Gasteiger partial charge on any atom is 0.234 e. The van der Waals surface area contributed by atoms with E-state index in [1.807, 2.05) is 53.1 Å². The second-order valence-corrected chi connectivity index (χ2v) is 8.46. The molecule has 0 fully saturated rings. The van der Waals surface area contributed by atoms with Crippen molar-refractivity contribution in [1.82, 2.24) is 14.8 Å². The van der Waals surface area contributed by atoms with Gasteiger partial charge in [-0.25, -0.2) is 0 Å². The van der Waals surface area contributed by atoms with Crippen LogP contribution in [0.5, 0.6) is 11.5 Å². The third kappa shape index (κ3) is 4.51.